The van der Waals surface area contributed by atoms with Gasteiger partial charge in [-0.1, -0.05) is 13.8 Å². The summed E-state index contributed by atoms with van der Waals surface area (Å²) in [4.78, 5) is 26.6. The monoisotopic (exact) mass is 239 g/mol. The van der Waals surface area contributed by atoms with Crippen molar-refractivity contribution < 1.29 is 9.59 Å². The van der Waals surface area contributed by atoms with Crippen LogP contribution in [0.1, 0.15) is 26.7 Å². The van der Waals surface area contributed by atoms with E-state index in [0.29, 0.717) is 12.8 Å². The van der Waals surface area contributed by atoms with Crippen LogP contribution in [0.5, 0.6) is 0 Å². The minimum absolute atomic E-state index is 0.00273. The van der Waals surface area contributed by atoms with Crippen LogP contribution in [0.3, 0.4) is 0 Å². The summed E-state index contributed by atoms with van der Waals surface area (Å²) in [5.74, 6) is -0.00546. The number of hydrogen-bond donors (Lipinski definition) is 0. The van der Waals surface area contributed by atoms with Crippen molar-refractivity contribution in [3.63, 3.8) is 0 Å². The number of hydrazine groups is 1. The molecule has 0 radical (unpaired) electrons. The lowest BCUT2D eigenvalue weighted by atomic mass is 9.74. The first-order chi connectivity index (χ1) is 8.06. The molecule has 2 aliphatic heterocycles. The van der Waals surface area contributed by atoms with Gasteiger partial charge in [-0.05, 0) is 19.9 Å². The zero-order chi connectivity index (χ0) is 12.6. The van der Waals surface area contributed by atoms with Crippen molar-refractivity contribution >= 4 is 11.8 Å². The van der Waals surface area contributed by atoms with Crippen LogP contribution in [-0.4, -0.2) is 60.0 Å². The van der Waals surface area contributed by atoms with Gasteiger partial charge in [-0.15, -0.1) is 0 Å². The van der Waals surface area contributed by atoms with E-state index in [-0.39, 0.29) is 11.8 Å². The summed E-state index contributed by atoms with van der Waals surface area (Å²) in [5, 5.41) is 3.27. The zero-order valence-corrected chi connectivity index (χ0v) is 10.9. The van der Waals surface area contributed by atoms with Crippen LogP contribution in [0, 0.1) is 5.41 Å². The molecule has 0 atom stereocenters. The van der Waals surface area contributed by atoms with Gasteiger partial charge in [0.1, 0.15) is 5.41 Å². The number of rotatable bonds is 3. The molecule has 0 bridgehead atoms. The van der Waals surface area contributed by atoms with Gasteiger partial charge in [0.05, 0.1) is 0 Å². The lowest BCUT2D eigenvalue weighted by Gasteiger charge is -2.51. The largest absolute Gasteiger partial charge is 0.304 e. The van der Waals surface area contributed by atoms with Crippen LogP contribution >= 0.6 is 0 Å². The summed E-state index contributed by atoms with van der Waals surface area (Å²) in [5.41, 5.74) is -0.719. The van der Waals surface area contributed by atoms with Gasteiger partial charge in [0.2, 0.25) is 0 Å². The minimum Gasteiger partial charge on any atom is -0.304 e. The molecule has 2 heterocycles. The number of carbonyl (C=O) groups excluding carboxylic acids is 2. The maximum atomic E-state index is 12.2. The molecule has 5 heteroatoms. The maximum Gasteiger partial charge on any atom is 0.259 e. The van der Waals surface area contributed by atoms with Crippen LogP contribution in [0.4, 0.5) is 0 Å². The second kappa shape index (κ2) is 4.38. The third kappa shape index (κ3) is 1.68. The summed E-state index contributed by atoms with van der Waals surface area (Å²) in [7, 11) is 2.06. The van der Waals surface area contributed by atoms with E-state index in [0.717, 1.165) is 26.2 Å². The molecule has 0 spiro atoms. The lowest BCUT2D eigenvalue weighted by molar-refractivity contribution is -0.203. The van der Waals surface area contributed by atoms with Crippen molar-refractivity contribution in [1.82, 2.24) is 14.9 Å². The van der Waals surface area contributed by atoms with Gasteiger partial charge in [0.15, 0.2) is 0 Å². The smallest absolute Gasteiger partial charge is 0.259 e. The number of hydrogen-bond acceptors (Lipinski definition) is 4. The van der Waals surface area contributed by atoms with Gasteiger partial charge in [-0.3, -0.25) is 9.59 Å². The summed E-state index contributed by atoms with van der Waals surface area (Å²) in [6.45, 7) is 7.17. The van der Waals surface area contributed by atoms with Gasteiger partial charge >= 0.3 is 0 Å². The summed E-state index contributed by atoms with van der Waals surface area (Å²) in [6.07, 6.45) is 1.23. The van der Waals surface area contributed by atoms with Crippen molar-refractivity contribution in [3.05, 3.63) is 0 Å². The Kier molecular flexibility index (Phi) is 3.23. The fraction of sp³-hybridized carbons (Fsp3) is 0.833. The number of β-lactam (4-membered cyclic amide) rings is 2. The first-order valence-electron chi connectivity index (χ1n) is 6.39. The Morgan fingerprint density at radius 3 is 1.88 bits per heavy atom. The highest BCUT2D eigenvalue weighted by Crippen LogP contribution is 2.41. The lowest BCUT2D eigenvalue weighted by Crippen LogP contribution is -2.72. The van der Waals surface area contributed by atoms with Crippen LogP contribution in [0.15, 0.2) is 0 Å². The molecule has 2 rings (SSSR count). The van der Waals surface area contributed by atoms with Crippen molar-refractivity contribution in [3.8, 4) is 0 Å². The van der Waals surface area contributed by atoms with Crippen LogP contribution in [0.25, 0.3) is 0 Å². The minimum atomic E-state index is -0.719. The SMILES string of the molecule is CCC1(CC)C(=O)N(N2CCN(C)CC2)C1=O. The van der Waals surface area contributed by atoms with E-state index in [9.17, 15) is 9.59 Å². The second-order valence-electron chi connectivity index (χ2n) is 4.97. The number of imide groups is 1. The van der Waals surface area contributed by atoms with Crippen molar-refractivity contribution in [2.24, 2.45) is 5.41 Å². The number of carbonyl (C=O) groups is 2. The molecule has 17 heavy (non-hydrogen) atoms. The number of piperazine rings is 1. The van der Waals surface area contributed by atoms with Gasteiger partial charge < -0.3 is 4.90 Å². The Morgan fingerprint density at radius 1 is 1.00 bits per heavy atom. The number of nitrogens with zero attached hydrogens (tertiary/aromatic N) is 3. The molecule has 0 aliphatic carbocycles. The molecule has 2 amide bonds. The van der Waals surface area contributed by atoms with Gasteiger partial charge in [0, 0.05) is 26.2 Å². The van der Waals surface area contributed by atoms with Crippen LogP contribution in [-0.2, 0) is 9.59 Å². The van der Waals surface area contributed by atoms with E-state index in [1.54, 1.807) is 0 Å². The normalized spacial score (nSPS) is 26.2. The Hall–Kier alpha value is -0.940. The average molecular weight is 239 g/mol. The Balaban J connectivity index is 2.06. The quantitative estimate of drug-likeness (QED) is 0.526. The van der Waals surface area contributed by atoms with Gasteiger partial charge in [0.25, 0.3) is 11.8 Å². The molecule has 0 unspecified atom stereocenters. The van der Waals surface area contributed by atoms with E-state index in [1.807, 2.05) is 18.9 Å². The molecule has 5 nitrogen and oxygen atoms in total. The predicted molar refractivity (Wildman–Crippen MR) is 63.9 cm³/mol. The first kappa shape index (κ1) is 12.5. The Bertz CT molecular complexity index is 313. The van der Waals surface area contributed by atoms with Crippen LogP contribution < -0.4 is 0 Å². The fourth-order valence-electron chi connectivity index (χ4n) is 2.64. The third-order valence-corrected chi connectivity index (χ3v) is 4.17. The number of amides is 2. The highest BCUT2D eigenvalue weighted by atomic mass is 16.2. The van der Waals surface area contributed by atoms with Crippen molar-refractivity contribution in [2.75, 3.05) is 33.2 Å². The molecule has 0 aromatic rings. The van der Waals surface area contributed by atoms with E-state index >= 15 is 0 Å². The van der Waals surface area contributed by atoms with Gasteiger partial charge in [-0.25, -0.2) is 10.0 Å². The molecule has 0 aromatic heterocycles. The molecule has 0 N–H and O–H groups in total. The van der Waals surface area contributed by atoms with Gasteiger partial charge in [-0.2, -0.15) is 0 Å². The molecule has 0 aromatic carbocycles. The first-order valence-corrected chi connectivity index (χ1v) is 6.39. The van der Waals surface area contributed by atoms with Crippen LogP contribution in [0.2, 0.25) is 0 Å². The molecular formula is C12H21N3O2. The van der Waals surface area contributed by atoms with E-state index < -0.39 is 5.41 Å². The maximum absolute atomic E-state index is 12.2. The predicted octanol–water partition coefficient (Wildman–Crippen LogP) is 0.324. The number of likely N-dealkylation sites (N-methyl/N-ethyl adjacent to an activating group) is 1. The molecule has 0 saturated carbocycles. The molecular weight excluding hydrogens is 218 g/mol. The average Bonchev–Trinajstić information content (AvgIpc) is 2.34. The van der Waals surface area contributed by atoms with Crippen molar-refractivity contribution in [1.29, 1.82) is 0 Å². The zero-order valence-electron chi connectivity index (χ0n) is 10.9. The molecule has 2 fully saturated rings. The molecule has 2 aliphatic rings. The Labute approximate surface area is 102 Å². The summed E-state index contributed by atoms with van der Waals surface area (Å²) >= 11 is 0. The standard InChI is InChI=1S/C12H21N3O2/c1-4-12(5-2)10(16)15(11(12)17)14-8-6-13(3)7-9-14/h4-9H2,1-3H3. The van der Waals surface area contributed by atoms with E-state index in [4.69, 9.17) is 0 Å². The Morgan fingerprint density at radius 2 is 1.47 bits per heavy atom. The highest BCUT2D eigenvalue weighted by Gasteiger charge is 2.60. The molecule has 2 saturated heterocycles. The summed E-state index contributed by atoms with van der Waals surface area (Å²) < 4.78 is 0. The topological polar surface area (TPSA) is 43.9 Å². The van der Waals surface area contributed by atoms with E-state index in [2.05, 4.69) is 11.9 Å². The van der Waals surface area contributed by atoms with E-state index in [1.165, 1.54) is 5.01 Å². The summed E-state index contributed by atoms with van der Waals surface area (Å²) in [6, 6.07) is 0. The van der Waals surface area contributed by atoms with Crippen molar-refractivity contribution in [2.45, 2.75) is 26.7 Å². The third-order valence-electron chi connectivity index (χ3n) is 4.17. The second-order valence-corrected chi connectivity index (χ2v) is 4.97. The fourth-order valence-corrected chi connectivity index (χ4v) is 2.64. The molecule has 96 valence electrons. The highest BCUT2D eigenvalue weighted by molar-refractivity contribution is 6.21.